The number of piperazine rings is 1. The highest BCUT2D eigenvalue weighted by Gasteiger charge is 2.36. The second-order valence-electron chi connectivity index (χ2n) is 5.72. The number of nitrogens with zero attached hydrogens (tertiary/aromatic N) is 1. The maximum atomic E-state index is 3.76. The molecule has 2 atom stereocenters. The summed E-state index contributed by atoms with van der Waals surface area (Å²) in [6.07, 6.45) is 4.27. The normalized spacial score (nSPS) is 33.6. The lowest BCUT2D eigenvalue weighted by Gasteiger charge is -2.41. The van der Waals surface area contributed by atoms with E-state index in [1.54, 1.807) is 0 Å². The second-order valence-corrected chi connectivity index (χ2v) is 5.72. The Bertz CT molecular complexity index is 199. The van der Waals surface area contributed by atoms with Gasteiger partial charge in [-0.25, -0.2) is 0 Å². The minimum Gasteiger partial charge on any atom is -0.311 e. The molecule has 0 spiro atoms. The quantitative estimate of drug-likeness (QED) is 0.764. The van der Waals surface area contributed by atoms with Crippen LogP contribution >= 0.6 is 0 Å². The second kappa shape index (κ2) is 4.84. The van der Waals surface area contributed by atoms with Crippen molar-refractivity contribution < 1.29 is 0 Å². The predicted molar refractivity (Wildman–Crippen MR) is 65.0 cm³/mol. The fourth-order valence-electron chi connectivity index (χ4n) is 2.86. The molecular formula is C13H26N2. The first kappa shape index (κ1) is 11.4. The highest BCUT2D eigenvalue weighted by atomic mass is 15.2. The topological polar surface area (TPSA) is 15.3 Å². The van der Waals surface area contributed by atoms with Crippen molar-refractivity contribution in [3.63, 3.8) is 0 Å². The summed E-state index contributed by atoms with van der Waals surface area (Å²) in [5.41, 5.74) is 0. The molecular weight excluding hydrogens is 184 g/mol. The fraction of sp³-hybridized carbons (Fsp3) is 1.00. The van der Waals surface area contributed by atoms with E-state index >= 15 is 0 Å². The van der Waals surface area contributed by atoms with Gasteiger partial charge in [-0.3, -0.25) is 4.90 Å². The molecule has 0 aromatic heterocycles. The molecule has 1 aliphatic carbocycles. The number of nitrogens with one attached hydrogen (secondary N) is 1. The third kappa shape index (κ3) is 2.94. The van der Waals surface area contributed by atoms with Gasteiger partial charge in [-0.15, -0.1) is 0 Å². The molecule has 2 heteroatoms. The Hall–Kier alpha value is -0.0800. The maximum absolute atomic E-state index is 3.76. The van der Waals surface area contributed by atoms with Crippen LogP contribution in [0.15, 0.2) is 0 Å². The first-order valence-electron chi connectivity index (χ1n) is 6.68. The summed E-state index contributed by atoms with van der Waals surface area (Å²) in [6.45, 7) is 10.7. The van der Waals surface area contributed by atoms with E-state index in [0.29, 0.717) is 0 Å². The molecule has 1 saturated carbocycles. The molecule has 15 heavy (non-hydrogen) atoms. The van der Waals surface area contributed by atoms with Crippen LogP contribution < -0.4 is 5.32 Å². The van der Waals surface area contributed by atoms with Gasteiger partial charge >= 0.3 is 0 Å². The standard InChI is InChI=1S/C13H26N2/c1-4-15-9-13(11-5-6-11)14-8-12(15)7-10(2)3/h10-14H,4-9H2,1-3H3. The van der Waals surface area contributed by atoms with Crippen molar-refractivity contribution in [2.45, 2.75) is 52.1 Å². The number of likely N-dealkylation sites (N-methyl/N-ethyl adjacent to an activating group) is 1. The lowest BCUT2D eigenvalue weighted by Crippen LogP contribution is -2.57. The van der Waals surface area contributed by atoms with Crippen LogP contribution in [0.1, 0.15) is 40.0 Å². The van der Waals surface area contributed by atoms with E-state index in [1.807, 2.05) is 0 Å². The zero-order chi connectivity index (χ0) is 10.8. The van der Waals surface area contributed by atoms with Gasteiger partial charge in [0, 0.05) is 25.2 Å². The van der Waals surface area contributed by atoms with Crippen LogP contribution in [-0.2, 0) is 0 Å². The third-order valence-corrected chi connectivity index (χ3v) is 3.90. The van der Waals surface area contributed by atoms with Crippen molar-refractivity contribution >= 4 is 0 Å². The van der Waals surface area contributed by atoms with Gasteiger partial charge in [-0.2, -0.15) is 0 Å². The minimum atomic E-state index is 0.782. The molecule has 0 bridgehead atoms. The van der Waals surface area contributed by atoms with E-state index < -0.39 is 0 Å². The van der Waals surface area contributed by atoms with E-state index in [-0.39, 0.29) is 0 Å². The molecule has 2 fully saturated rings. The van der Waals surface area contributed by atoms with Gasteiger partial charge in [0.15, 0.2) is 0 Å². The van der Waals surface area contributed by atoms with Crippen LogP contribution in [0.4, 0.5) is 0 Å². The van der Waals surface area contributed by atoms with Crippen LogP contribution in [0, 0.1) is 11.8 Å². The summed E-state index contributed by atoms with van der Waals surface area (Å²) in [7, 11) is 0. The lowest BCUT2D eigenvalue weighted by atomic mass is 9.98. The van der Waals surface area contributed by atoms with Crippen molar-refractivity contribution in [1.29, 1.82) is 0 Å². The Labute approximate surface area is 94.4 Å². The zero-order valence-corrected chi connectivity index (χ0v) is 10.5. The first-order valence-corrected chi connectivity index (χ1v) is 6.68. The Kier molecular flexibility index (Phi) is 3.68. The Morgan fingerprint density at radius 3 is 2.60 bits per heavy atom. The molecule has 2 unspecified atom stereocenters. The van der Waals surface area contributed by atoms with Gasteiger partial charge in [-0.1, -0.05) is 20.8 Å². The fourth-order valence-corrected chi connectivity index (χ4v) is 2.86. The molecule has 1 heterocycles. The van der Waals surface area contributed by atoms with Gasteiger partial charge in [-0.05, 0) is 37.6 Å². The van der Waals surface area contributed by atoms with Crippen molar-refractivity contribution in [2.24, 2.45) is 11.8 Å². The Balaban J connectivity index is 1.85. The highest BCUT2D eigenvalue weighted by molar-refractivity contribution is 4.94. The van der Waals surface area contributed by atoms with Gasteiger partial charge in [0.25, 0.3) is 0 Å². The van der Waals surface area contributed by atoms with Crippen LogP contribution in [0.25, 0.3) is 0 Å². The van der Waals surface area contributed by atoms with Crippen molar-refractivity contribution in [3.8, 4) is 0 Å². The zero-order valence-electron chi connectivity index (χ0n) is 10.5. The van der Waals surface area contributed by atoms with Crippen LogP contribution in [0.3, 0.4) is 0 Å². The lowest BCUT2D eigenvalue weighted by molar-refractivity contribution is 0.113. The summed E-state index contributed by atoms with van der Waals surface area (Å²) in [6, 6.07) is 1.58. The van der Waals surface area contributed by atoms with E-state index in [4.69, 9.17) is 0 Å². The van der Waals surface area contributed by atoms with Crippen LogP contribution in [-0.4, -0.2) is 36.6 Å². The maximum Gasteiger partial charge on any atom is 0.0224 e. The number of hydrogen-bond donors (Lipinski definition) is 1. The van der Waals surface area contributed by atoms with Crippen molar-refractivity contribution in [3.05, 3.63) is 0 Å². The van der Waals surface area contributed by atoms with Gasteiger partial charge in [0.1, 0.15) is 0 Å². The molecule has 1 N–H and O–H groups in total. The third-order valence-electron chi connectivity index (χ3n) is 3.90. The Morgan fingerprint density at radius 1 is 1.33 bits per heavy atom. The molecule has 1 aliphatic heterocycles. The van der Waals surface area contributed by atoms with E-state index in [1.165, 1.54) is 38.9 Å². The average molecular weight is 210 g/mol. The van der Waals surface area contributed by atoms with E-state index in [2.05, 4.69) is 31.0 Å². The Morgan fingerprint density at radius 2 is 2.07 bits per heavy atom. The first-order chi connectivity index (χ1) is 7.20. The number of hydrogen-bond acceptors (Lipinski definition) is 2. The summed E-state index contributed by atoms with van der Waals surface area (Å²) >= 11 is 0. The summed E-state index contributed by atoms with van der Waals surface area (Å²) < 4.78 is 0. The predicted octanol–water partition coefficient (Wildman–Crippen LogP) is 2.10. The highest BCUT2D eigenvalue weighted by Crippen LogP contribution is 2.34. The monoisotopic (exact) mass is 210 g/mol. The summed E-state index contributed by atoms with van der Waals surface area (Å²) in [4.78, 5) is 2.69. The van der Waals surface area contributed by atoms with Gasteiger partial charge < -0.3 is 5.32 Å². The molecule has 2 nitrogen and oxygen atoms in total. The molecule has 2 aliphatic rings. The van der Waals surface area contributed by atoms with Crippen LogP contribution in [0.2, 0.25) is 0 Å². The molecule has 1 saturated heterocycles. The van der Waals surface area contributed by atoms with E-state index in [9.17, 15) is 0 Å². The molecule has 0 aromatic rings. The molecule has 0 amide bonds. The molecule has 88 valence electrons. The van der Waals surface area contributed by atoms with Crippen molar-refractivity contribution in [1.82, 2.24) is 10.2 Å². The molecule has 2 rings (SSSR count). The molecule has 0 radical (unpaired) electrons. The SMILES string of the molecule is CCN1CC(C2CC2)NCC1CC(C)C. The van der Waals surface area contributed by atoms with Gasteiger partial charge in [0.05, 0.1) is 0 Å². The van der Waals surface area contributed by atoms with Gasteiger partial charge in [0.2, 0.25) is 0 Å². The summed E-state index contributed by atoms with van der Waals surface area (Å²) in [5.74, 6) is 1.82. The van der Waals surface area contributed by atoms with Crippen molar-refractivity contribution in [2.75, 3.05) is 19.6 Å². The minimum absolute atomic E-state index is 0.782. The molecule has 0 aromatic carbocycles. The summed E-state index contributed by atoms with van der Waals surface area (Å²) in [5, 5.41) is 3.76. The smallest absolute Gasteiger partial charge is 0.0224 e. The largest absolute Gasteiger partial charge is 0.311 e. The van der Waals surface area contributed by atoms with Crippen LogP contribution in [0.5, 0.6) is 0 Å². The number of rotatable bonds is 4. The average Bonchev–Trinajstić information content (AvgIpc) is 3.01. The van der Waals surface area contributed by atoms with E-state index in [0.717, 1.165) is 23.9 Å².